The summed E-state index contributed by atoms with van der Waals surface area (Å²) in [4.78, 5) is 9.79. The molecule has 0 amide bonds. The fourth-order valence-electron chi connectivity index (χ4n) is 2.18. The first kappa shape index (κ1) is 29.8. The van der Waals surface area contributed by atoms with Gasteiger partial charge in [-0.3, -0.25) is 0 Å². The lowest BCUT2D eigenvalue weighted by atomic mass is 10.5. The number of pyridine rings is 3. The van der Waals surface area contributed by atoms with E-state index in [1.165, 1.54) is 23.5 Å². The molecule has 188 valence electrons. The molecule has 0 N–H and O–H groups in total. The number of halogens is 11. The van der Waals surface area contributed by atoms with Crippen LogP contribution in [0.25, 0.3) is 0 Å². The second-order valence-electron chi connectivity index (χ2n) is 5.78. The van der Waals surface area contributed by atoms with E-state index in [1.54, 1.807) is 0 Å². The zero-order valence-corrected chi connectivity index (χ0v) is 23.8. The summed E-state index contributed by atoms with van der Waals surface area (Å²) in [6.07, 6.45) is 0. The van der Waals surface area contributed by atoms with Crippen LogP contribution in [0.5, 0.6) is 0 Å². The number of nitrogens with zero attached hydrogens (tertiary/aromatic N) is 3. The maximum atomic E-state index is 13.3. The van der Waals surface area contributed by atoms with Crippen molar-refractivity contribution >= 4 is 117 Å². The monoisotopic (exact) mass is 683 g/mol. The van der Waals surface area contributed by atoms with E-state index >= 15 is 0 Å². The Morgan fingerprint density at radius 2 is 0.971 bits per heavy atom. The van der Waals surface area contributed by atoms with Crippen molar-refractivity contribution in [3.8, 4) is 0 Å². The zero-order valence-electron chi connectivity index (χ0n) is 16.0. The van der Waals surface area contributed by atoms with E-state index in [-0.39, 0.29) is 19.9 Å². The molecule has 3 aromatic rings. The van der Waals surface area contributed by atoms with Gasteiger partial charge in [-0.1, -0.05) is 81.4 Å². The van der Waals surface area contributed by atoms with Crippen molar-refractivity contribution in [1.29, 1.82) is 0 Å². The molecule has 0 fully saturated rings. The summed E-state index contributed by atoms with van der Waals surface area (Å²) in [5.41, 5.74) is 0. The minimum Gasteiger partial charge on any atom is -0.210 e. The second kappa shape index (κ2) is 12.9. The molecule has 0 atom stereocenters. The van der Waals surface area contributed by atoms with Crippen LogP contribution in [-0.2, 0) is 0 Å². The maximum absolute atomic E-state index is 13.3. The summed E-state index contributed by atoms with van der Waals surface area (Å²) in [5.74, 6) is -5.53. The molecule has 0 spiro atoms. The molecule has 0 saturated carbocycles. The standard InChI is InChI=1S/C11H2Cl4F4N2S2.C6H2Cl2FNS2/c12-2-6(3(13)9(17)20-8(2)16)22-1-23-7-4(14)10(18)21-11(19)5(7)15;7-2-4-3(8)6(10-5(2)9)12-1-11-4/h1H2;1H2. The van der Waals surface area contributed by atoms with Crippen LogP contribution in [0.1, 0.15) is 0 Å². The number of aromatic nitrogens is 3. The van der Waals surface area contributed by atoms with Gasteiger partial charge in [0.05, 0.1) is 24.8 Å². The van der Waals surface area contributed by atoms with Gasteiger partial charge in [0.2, 0.25) is 29.7 Å². The van der Waals surface area contributed by atoms with Gasteiger partial charge in [-0.2, -0.15) is 31.9 Å². The van der Waals surface area contributed by atoms with E-state index in [4.69, 9.17) is 69.6 Å². The smallest absolute Gasteiger partial charge is 0.210 e. The van der Waals surface area contributed by atoms with Crippen molar-refractivity contribution in [2.24, 2.45) is 0 Å². The highest BCUT2D eigenvalue weighted by molar-refractivity contribution is 8.16. The SMILES string of the molecule is Fc1nc(F)c(Cl)c(SCSc2c(Cl)c(F)nc(F)c2Cl)c1Cl.Fc1nc2c(Cl)c(c1Cl)SCS2. The Morgan fingerprint density at radius 3 is 1.40 bits per heavy atom. The Hall–Kier alpha value is 0.240. The van der Waals surface area contributed by atoms with E-state index in [2.05, 4.69) is 15.0 Å². The zero-order chi connectivity index (χ0) is 26.0. The Labute approximate surface area is 241 Å². The number of hydrogen-bond acceptors (Lipinski definition) is 7. The average molecular weight is 686 g/mol. The molecule has 0 aromatic carbocycles. The van der Waals surface area contributed by atoms with Crippen molar-refractivity contribution in [1.82, 2.24) is 15.0 Å². The van der Waals surface area contributed by atoms with Crippen molar-refractivity contribution in [2.75, 3.05) is 10.2 Å². The van der Waals surface area contributed by atoms with E-state index in [9.17, 15) is 22.0 Å². The fraction of sp³-hybridized carbons (Fsp3) is 0.118. The molecular formula is C17H4Cl6F5N3S4. The Balaban J connectivity index is 0.000000237. The van der Waals surface area contributed by atoms with Crippen LogP contribution in [0.15, 0.2) is 19.7 Å². The molecule has 0 aliphatic carbocycles. The van der Waals surface area contributed by atoms with E-state index in [0.29, 0.717) is 14.9 Å². The van der Waals surface area contributed by atoms with Crippen LogP contribution < -0.4 is 0 Å². The Morgan fingerprint density at radius 1 is 0.571 bits per heavy atom. The molecule has 0 unspecified atom stereocenters. The van der Waals surface area contributed by atoms with Crippen molar-refractivity contribution in [2.45, 2.75) is 19.7 Å². The molecule has 35 heavy (non-hydrogen) atoms. The highest BCUT2D eigenvalue weighted by Gasteiger charge is 2.23. The van der Waals surface area contributed by atoms with Crippen LogP contribution in [0.3, 0.4) is 0 Å². The Bertz CT molecular complexity index is 1180. The summed E-state index contributed by atoms with van der Waals surface area (Å²) < 4.78 is 66.1. The minimum absolute atomic E-state index is 0.00463. The van der Waals surface area contributed by atoms with Gasteiger partial charge in [0, 0.05) is 5.08 Å². The van der Waals surface area contributed by atoms with Gasteiger partial charge in [0.1, 0.15) is 30.1 Å². The van der Waals surface area contributed by atoms with Crippen molar-refractivity contribution in [3.05, 3.63) is 59.9 Å². The summed E-state index contributed by atoms with van der Waals surface area (Å²) >= 11 is 38.7. The molecule has 1 aliphatic heterocycles. The molecule has 4 rings (SSSR count). The predicted octanol–water partition coefficient (Wildman–Crippen LogP) is 10.2. The molecule has 3 nitrogen and oxygen atoms in total. The summed E-state index contributed by atoms with van der Waals surface area (Å²) in [7, 11) is 0. The lowest BCUT2D eigenvalue weighted by molar-refractivity contribution is 0.507. The first-order chi connectivity index (χ1) is 16.4. The number of hydrogen-bond donors (Lipinski definition) is 0. The van der Waals surface area contributed by atoms with Gasteiger partial charge in [-0.05, 0) is 0 Å². The Kier molecular flexibility index (Phi) is 10.9. The van der Waals surface area contributed by atoms with Gasteiger partial charge in [0.15, 0.2) is 0 Å². The highest BCUT2D eigenvalue weighted by Crippen LogP contribution is 2.46. The third-order valence-corrected chi connectivity index (χ3v) is 11.1. The topological polar surface area (TPSA) is 38.7 Å². The second-order valence-corrected chi connectivity index (χ2v) is 12.7. The number of thioether (sulfide) groups is 4. The fourth-order valence-corrected chi connectivity index (χ4v) is 8.34. The van der Waals surface area contributed by atoms with Gasteiger partial charge in [-0.15, -0.1) is 35.3 Å². The largest absolute Gasteiger partial charge is 0.235 e. The molecular weight excluding hydrogens is 682 g/mol. The first-order valence-electron chi connectivity index (χ1n) is 8.39. The van der Waals surface area contributed by atoms with Crippen LogP contribution in [0, 0.1) is 29.7 Å². The number of rotatable bonds is 4. The molecule has 4 heterocycles. The van der Waals surface area contributed by atoms with Crippen LogP contribution in [0.2, 0.25) is 30.1 Å². The normalized spacial score (nSPS) is 12.4. The predicted molar refractivity (Wildman–Crippen MR) is 136 cm³/mol. The summed E-state index contributed by atoms with van der Waals surface area (Å²) in [6.45, 7) is 0. The molecule has 0 radical (unpaired) electrons. The van der Waals surface area contributed by atoms with E-state index < -0.39 is 49.8 Å². The van der Waals surface area contributed by atoms with Crippen LogP contribution in [-0.4, -0.2) is 25.1 Å². The molecule has 2 bridgehead atoms. The quantitative estimate of drug-likeness (QED) is 0.117. The van der Waals surface area contributed by atoms with Gasteiger partial charge in [-0.25, -0.2) is 4.98 Å². The first-order valence-corrected chi connectivity index (χ1v) is 14.6. The van der Waals surface area contributed by atoms with Crippen LogP contribution in [0.4, 0.5) is 22.0 Å². The average Bonchev–Trinajstić information content (AvgIpc) is 2.81. The van der Waals surface area contributed by atoms with Crippen molar-refractivity contribution < 1.29 is 22.0 Å². The molecule has 0 saturated heterocycles. The summed E-state index contributed by atoms with van der Waals surface area (Å²) in [5, 5.41) is -0.0300. The third-order valence-electron chi connectivity index (χ3n) is 3.69. The highest BCUT2D eigenvalue weighted by atomic mass is 35.5. The van der Waals surface area contributed by atoms with Gasteiger partial charge >= 0.3 is 0 Å². The summed E-state index contributed by atoms with van der Waals surface area (Å²) in [6, 6.07) is 0. The molecule has 1 aliphatic rings. The van der Waals surface area contributed by atoms with Gasteiger partial charge in [0.25, 0.3) is 0 Å². The lowest BCUT2D eigenvalue weighted by Gasteiger charge is -2.14. The molecule has 18 heteroatoms. The van der Waals surface area contributed by atoms with E-state index in [1.807, 2.05) is 0 Å². The third kappa shape index (κ3) is 6.82. The van der Waals surface area contributed by atoms with Crippen molar-refractivity contribution in [3.63, 3.8) is 0 Å². The molecule has 3 aromatic heterocycles. The van der Waals surface area contributed by atoms with E-state index in [0.717, 1.165) is 28.6 Å². The minimum atomic E-state index is -1.22. The lowest BCUT2D eigenvalue weighted by Crippen LogP contribution is -1.97. The maximum Gasteiger partial charge on any atom is 0.235 e. The number of fused-ring (bicyclic) bond motifs is 2. The van der Waals surface area contributed by atoms with Gasteiger partial charge < -0.3 is 0 Å². The van der Waals surface area contributed by atoms with Crippen LogP contribution >= 0.6 is 117 Å².